The maximum Gasteiger partial charge on any atom is 0.233 e. The van der Waals surface area contributed by atoms with E-state index in [4.69, 9.17) is 4.98 Å². The van der Waals surface area contributed by atoms with Gasteiger partial charge in [0.15, 0.2) is 5.16 Å². The number of aryl methyl sites for hydroxylation is 1. The quantitative estimate of drug-likeness (QED) is 0.619. The number of rotatable bonds is 5. The van der Waals surface area contributed by atoms with Gasteiger partial charge < -0.3 is 14.4 Å². The molecule has 5 nitrogen and oxygen atoms in total. The number of piperazine rings is 1. The number of nitrogens with zero attached hydrogens (tertiary/aromatic N) is 4. The van der Waals surface area contributed by atoms with Gasteiger partial charge in [-0.05, 0) is 31.7 Å². The monoisotopic (exact) mass is 394 g/mol. The van der Waals surface area contributed by atoms with Crippen LogP contribution in [0.15, 0.2) is 59.8 Å². The van der Waals surface area contributed by atoms with Crippen molar-refractivity contribution in [1.29, 1.82) is 0 Å². The summed E-state index contributed by atoms with van der Waals surface area (Å²) in [5.74, 6) is 0.595. The first-order chi connectivity index (χ1) is 13.7. The number of hydrogen-bond acceptors (Lipinski definition) is 4. The zero-order valence-electron chi connectivity index (χ0n) is 16.4. The van der Waals surface area contributed by atoms with Crippen LogP contribution in [0.1, 0.15) is 18.5 Å². The lowest BCUT2D eigenvalue weighted by atomic mass is 10.0. The molecule has 0 radical (unpaired) electrons. The highest BCUT2D eigenvalue weighted by atomic mass is 32.2. The average molecular weight is 395 g/mol. The third-order valence-electron chi connectivity index (χ3n) is 5.35. The molecule has 3 aromatic rings. The molecule has 0 saturated carbocycles. The molecule has 0 bridgehead atoms. The Labute approximate surface area is 170 Å². The molecule has 1 aromatic heterocycles. The number of carbonyl (C=O) groups is 1. The van der Waals surface area contributed by atoms with E-state index in [1.54, 1.807) is 11.8 Å². The van der Waals surface area contributed by atoms with E-state index in [0.29, 0.717) is 5.75 Å². The second kappa shape index (κ2) is 8.37. The lowest BCUT2D eigenvalue weighted by Gasteiger charge is -2.40. The molecule has 1 aliphatic heterocycles. The number of imidazole rings is 1. The standard InChI is InChI=1S/C22H26N4OS/c1-3-25-19-12-8-7-11-18(19)23-22(25)28-16-21(27)26-14-13-24(2)15-20(26)17-9-5-4-6-10-17/h4-12,20H,3,13-16H2,1-2H3. The predicted molar refractivity (Wildman–Crippen MR) is 115 cm³/mol. The van der Waals surface area contributed by atoms with Gasteiger partial charge >= 0.3 is 0 Å². The lowest BCUT2D eigenvalue weighted by molar-refractivity contribution is -0.133. The second-order valence-corrected chi connectivity index (χ2v) is 8.13. The Balaban J connectivity index is 1.51. The number of para-hydroxylation sites is 2. The number of benzene rings is 2. The molecule has 0 spiro atoms. The van der Waals surface area contributed by atoms with Crippen LogP contribution in [0, 0.1) is 0 Å². The van der Waals surface area contributed by atoms with Crippen molar-refractivity contribution in [3.63, 3.8) is 0 Å². The Morgan fingerprint density at radius 2 is 1.86 bits per heavy atom. The molecule has 1 aliphatic rings. The highest BCUT2D eigenvalue weighted by Gasteiger charge is 2.30. The smallest absolute Gasteiger partial charge is 0.233 e. The van der Waals surface area contributed by atoms with Gasteiger partial charge in [0.05, 0.1) is 22.8 Å². The van der Waals surface area contributed by atoms with Crippen LogP contribution in [0.25, 0.3) is 11.0 Å². The van der Waals surface area contributed by atoms with E-state index >= 15 is 0 Å². The minimum Gasteiger partial charge on any atom is -0.332 e. The van der Waals surface area contributed by atoms with Gasteiger partial charge in [0, 0.05) is 26.2 Å². The molecule has 146 valence electrons. The Bertz CT molecular complexity index is 956. The minimum absolute atomic E-state index is 0.109. The van der Waals surface area contributed by atoms with Gasteiger partial charge in [-0.2, -0.15) is 0 Å². The molecule has 4 rings (SSSR count). The maximum absolute atomic E-state index is 13.1. The van der Waals surface area contributed by atoms with E-state index in [2.05, 4.69) is 41.6 Å². The number of carbonyl (C=O) groups excluding carboxylic acids is 1. The van der Waals surface area contributed by atoms with Crippen molar-refractivity contribution in [1.82, 2.24) is 19.4 Å². The molecule has 28 heavy (non-hydrogen) atoms. The highest BCUT2D eigenvalue weighted by Crippen LogP contribution is 2.28. The topological polar surface area (TPSA) is 41.4 Å². The Hall–Kier alpha value is -2.31. The molecule has 1 fully saturated rings. The van der Waals surface area contributed by atoms with Crippen molar-refractivity contribution in [2.75, 3.05) is 32.4 Å². The highest BCUT2D eigenvalue weighted by molar-refractivity contribution is 7.99. The molecule has 1 saturated heterocycles. The van der Waals surface area contributed by atoms with Crippen molar-refractivity contribution in [3.05, 3.63) is 60.2 Å². The molecule has 0 aliphatic carbocycles. The summed E-state index contributed by atoms with van der Waals surface area (Å²) in [6.45, 7) is 5.50. The van der Waals surface area contributed by atoms with Crippen LogP contribution in [0.5, 0.6) is 0 Å². The molecule has 1 unspecified atom stereocenters. The van der Waals surface area contributed by atoms with E-state index in [0.717, 1.165) is 42.4 Å². The number of fused-ring (bicyclic) bond motifs is 1. The Morgan fingerprint density at radius 3 is 2.64 bits per heavy atom. The molecule has 2 aromatic carbocycles. The van der Waals surface area contributed by atoms with Crippen molar-refractivity contribution in [2.24, 2.45) is 0 Å². The lowest BCUT2D eigenvalue weighted by Crippen LogP contribution is -2.49. The van der Waals surface area contributed by atoms with Crippen LogP contribution in [0.2, 0.25) is 0 Å². The van der Waals surface area contributed by atoms with Gasteiger partial charge in [0.2, 0.25) is 5.91 Å². The molecular weight excluding hydrogens is 368 g/mol. The van der Waals surface area contributed by atoms with Gasteiger partial charge in [0.25, 0.3) is 0 Å². The fourth-order valence-electron chi connectivity index (χ4n) is 3.86. The zero-order valence-corrected chi connectivity index (χ0v) is 17.2. The van der Waals surface area contributed by atoms with Crippen molar-refractivity contribution >= 4 is 28.7 Å². The van der Waals surface area contributed by atoms with Crippen molar-refractivity contribution in [2.45, 2.75) is 24.7 Å². The van der Waals surface area contributed by atoms with Crippen LogP contribution in [0.4, 0.5) is 0 Å². The molecule has 6 heteroatoms. The molecular formula is C22H26N4OS. The summed E-state index contributed by atoms with van der Waals surface area (Å²) >= 11 is 1.54. The zero-order chi connectivity index (χ0) is 19.5. The van der Waals surface area contributed by atoms with Gasteiger partial charge in [-0.1, -0.05) is 54.2 Å². The number of likely N-dealkylation sites (N-methyl/N-ethyl adjacent to an activating group) is 1. The molecule has 0 N–H and O–H groups in total. The fourth-order valence-corrected chi connectivity index (χ4v) is 4.82. The molecule has 1 amide bonds. The van der Waals surface area contributed by atoms with Gasteiger partial charge in [-0.15, -0.1) is 0 Å². The normalized spacial score (nSPS) is 17.9. The van der Waals surface area contributed by atoms with E-state index in [1.165, 1.54) is 5.56 Å². The SMILES string of the molecule is CCn1c(SCC(=O)N2CCN(C)CC2c2ccccc2)nc2ccccc21. The van der Waals surface area contributed by atoms with Gasteiger partial charge in [-0.3, -0.25) is 4.79 Å². The predicted octanol–water partition coefficient (Wildman–Crippen LogP) is 3.66. The van der Waals surface area contributed by atoms with E-state index in [-0.39, 0.29) is 11.9 Å². The number of thioether (sulfide) groups is 1. The molecule has 2 heterocycles. The fraction of sp³-hybridized carbons (Fsp3) is 0.364. The average Bonchev–Trinajstić information content (AvgIpc) is 3.10. The van der Waals surface area contributed by atoms with E-state index in [1.807, 2.05) is 41.3 Å². The summed E-state index contributed by atoms with van der Waals surface area (Å²) in [4.78, 5) is 22.2. The number of amides is 1. The van der Waals surface area contributed by atoms with Crippen LogP contribution >= 0.6 is 11.8 Å². The first kappa shape index (κ1) is 19.0. The number of hydrogen-bond donors (Lipinski definition) is 0. The summed E-state index contributed by atoms with van der Waals surface area (Å²) in [7, 11) is 2.12. The summed E-state index contributed by atoms with van der Waals surface area (Å²) in [5, 5.41) is 0.919. The number of aromatic nitrogens is 2. The van der Waals surface area contributed by atoms with Gasteiger partial charge in [-0.25, -0.2) is 4.98 Å². The van der Waals surface area contributed by atoms with Crippen LogP contribution < -0.4 is 0 Å². The van der Waals surface area contributed by atoms with E-state index in [9.17, 15) is 4.79 Å². The van der Waals surface area contributed by atoms with Crippen molar-refractivity contribution in [3.8, 4) is 0 Å². The first-order valence-electron chi connectivity index (χ1n) is 9.78. The van der Waals surface area contributed by atoms with Crippen LogP contribution in [-0.2, 0) is 11.3 Å². The van der Waals surface area contributed by atoms with E-state index < -0.39 is 0 Å². The third kappa shape index (κ3) is 3.80. The summed E-state index contributed by atoms with van der Waals surface area (Å²) in [6, 6.07) is 18.6. The second-order valence-electron chi connectivity index (χ2n) is 7.19. The minimum atomic E-state index is 0.109. The third-order valence-corrected chi connectivity index (χ3v) is 6.31. The van der Waals surface area contributed by atoms with Crippen LogP contribution in [0.3, 0.4) is 0 Å². The van der Waals surface area contributed by atoms with Gasteiger partial charge in [0.1, 0.15) is 0 Å². The maximum atomic E-state index is 13.1. The first-order valence-corrected chi connectivity index (χ1v) is 10.8. The largest absolute Gasteiger partial charge is 0.332 e. The molecule has 1 atom stereocenters. The summed E-state index contributed by atoms with van der Waals surface area (Å²) in [6.07, 6.45) is 0. The Morgan fingerprint density at radius 1 is 1.11 bits per heavy atom. The van der Waals surface area contributed by atoms with Crippen LogP contribution in [-0.4, -0.2) is 57.7 Å². The van der Waals surface area contributed by atoms with Crippen molar-refractivity contribution < 1.29 is 4.79 Å². The Kier molecular flexibility index (Phi) is 5.69. The summed E-state index contributed by atoms with van der Waals surface area (Å²) in [5.41, 5.74) is 3.32. The summed E-state index contributed by atoms with van der Waals surface area (Å²) < 4.78 is 2.19.